The molecule has 3 fully saturated rings. The van der Waals surface area contributed by atoms with E-state index < -0.39 is 5.60 Å². The molecule has 0 amide bonds. The molecule has 3 saturated heterocycles. The molecule has 0 aromatic carbocycles. The lowest BCUT2D eigenvalue weighted by Gasteiger charge is -2.38. The van der Waals surface area contributed by atoms with Crippen LogP contribution in [0.25, 0.3) is 17.0 Å². The molecule has 2 unspecified atom stereocenters. The van der Waals surface area contributed by atoms with Gasteiger partial charge in [-0.15, -0.1) is 5.10 Å². The number of H-pyrrole nitrogens is 1. The first-order valence-corrected chi connectivity index (χ1v) is 10.8. The molecule has 0 spiro atoms. The summed E-state index contributed by atoms with van der Waals surface area (Å²) in [5, 5.41) is 23.7. The summed E-state index contributed by atoms with van der Waals surface area (Å²) in [6.45, 7) is 3.40. The molecule has 2 bridgehead atoms. The minimum Gasteiger partial charge on any atom is -0.385 e. The van der Waals surface area contributed by atoms with Crippen molar-refractivity contribution in [2.45, 2.75) is 43.5 Å². The summed E-state index contributed by atoms with van der Waals surface area (Å²) in [5.41, 5.74) is 1.69. The molecule has 9 nitrogen and oxygen atoms in total. The largest absolute Gasteiger partial charge is 0.385 e. The van der Waals surface area contributed by atoms with Crippen LogP contribution in [-0.4, -0.2) is 80.2 Å². The Morgan fingerprint density at radius 2 is 1.97 bits per heavy atom. The van der Waals surface area contributed by atoms with Crippen molar-refractivity contribution in [3.8, 4) is 11.5 Å². The molecular weight excluding hydrogens is 382 g/mol. The number of aromatic nitrogens is 5. The van der Waals surface area contributed by atoms with Crippen molar-refractivity contribution in [2.75, 3.05) is 38.1 Å². The molecule has 3 aliphatic rings. The molecule has 3 aromatic heterocycles. The van der Waals surface area contributed by atoms with Crippen LogP contribution in [0.5, 0.6) is 0 Å². The van der Waals surface area contributed by atoms with Crippen molar-refractivity contribution in [3.63, 3.8) is 0 Å². The topological polar surface area (TPSA) is 94.8 Å². The van der Waals surface area contributed by atoms with Crippen molar-refractivity contribution in [3.05, 3.63) is 30.1 Å². The number of hydrogen-bond donors (Lipinski definition) is 2. The molecule has 6 rings (SSSR count). The van der Waals surface area contributed by atoms with Gasteiger partial charge in [0.2, 0.25) is 0 Å². The molecule has 0 aliphatic carbocycles. The number of imidazole rings is 1. The maximum atomic E-state index is 11.7. The highest BCUT2D eigenvalue weighted by molar-refractivity contribution is 5.65. The monoisotopic (exact) mass is 409 g/mol. The van der Waals surface area contributed by atoms with E-state index in [1.165, 1.54) is 0 Å². The van der Waals surface area contributed by atoms with Crippen LogP contribution >= 0.6 is 0 Å². The summed E-state index contributed by atoms with van der Waals surface area (Å²) >= 11 is 0. The van der Waals surface area contributed by atoms with Gasteiger partial charge in [0.05, 0.1) is 29.5 Å². The SMILES string of the molecule is CN1CCC(O)(c2cc(N3CC4CCC(C3)O4)nn3c(-c4ccn[nH]4)ncc23)CC1. The Morgan fingerprint density at radius 3 is 2.67 bits per heavy atom. The number of nitrogens with zero attached hydrogens (tertiary/aromatic N) is 6. The fraction of sp³-hybridized carbons (Fsp3) is 0.571. The zero-order valence-corrected chi connectivity index (χ0v) is 17.2. The zero-order valence-electron chi connectivity index (χ0n) is 17.2. The maximum absolute atomic E-state index is 11.7. The van der Waals surface area contributed by atoms with Gasteiger partial charge in [0.15, 0.2) is 5.82 Å². The van der Waals surface area contributed by atoms with Crippen molar-refractivity contribution in [2.24, 2.45) is 0 Å². The summed E-state index contributed by atoms with van der Waals surface area (Å²) in [6, 6.07) is 3.98. The predicted molar refractivity (Wildman–Crippen MR) is 111 cm³/mol. The van der Waals surface area contributed by atoms with Crippen LogP contribution in [0.2, 0.25) is 0 Å². The Labute approximate surface area is 174 Å². The lowest BCUT2D eigenvalue weighted by Crippen LogP contribution is -2.44. The number of aliphatic hydroxyl groups is 1. The van der Waals surface area contributed by atoms with Crippen molar-refractivity contribution >= 4 is 11.3 Å². The van der Waals surface area contributed by atoms with Gasteiger partial charge in [-0.2, -0.15) is 5.10 Å². The molecule has 0 saturated carbocycles. The minimum absolute atomic E-state index is 0.269. The first-order chi connectivity index (χ1) is 14.6. The van der Waals surface area contributed by atoms with Crippen molar-refractivity contribution in [1.82, 2.24) is 29.7 Å². The van der Waals surface area contributed by atoms with E-state index in [2.05, 4.69) is 38.1 Å². The van der Waals surface area contributed by atoms with Crippen molar-refractivity contribution < 1.29 is 9.84 Å². The van der Waals surface area contributed by atoms with Crippen LogP contribution in [0, 0.1) is 0 Å². The molecule has 2 N–H and O–H groups in total. The lowest BCUT2D eigenvalue weighted by molar-refractivity contribution is -0.0194. The van der Waals surface area contributed by atoms with E-state index in [0.717, 1.165) is 61.6 Å². The number of rotatable bonds is 3. The van der Waals surface area contributed by atoms with Crippen LogP contribution in [0.4, 0.5) is 5.82 Å². The smallest absolute Gasteiger partial charge is 0.179 e. The van der Waals surface area contributed by atoms with Gasteiger partial charge in [-0.05, 0) is 44.9 Å². The standard InChI is InChI=1S/C21H27N7O2/c1-26-8-5-21(29,6-9-26)16-10-19(27-12-14-2-3-15(13-27)30-14)25-28-18(16)11-22-20(28)17-4-7-23-24-17/h4,7,10-11,14-15,29H,2-3,5-6,8-9,12-13H2,1H3,(H,23,24). The van der Waals surface area contributed by atoms with Gasteiger partial charge in [-0.1, -0.05) is 0 Å². The third kappa shape index (κ3) is 2.91. The average Bonchev–Trinajstić information content (AvgIpc) is 3.49. The Balaban J connectivity index is 1.50. The summed E-state index contributed by atoms with van der Waals surface area (Å²) in [4.78, 5) is 9.21. The summed E-state index contributed by atoms with van der Waals surface area (Å²) in [6.07, 6.45) is 7.68. The Kier molecular flexibility index (Phi) is 4.12. The molecule has 9 heteroatoms. The molecular formula is C21H27N7O2. The second-order valence-corrected chi connectivity index (χ2v) is 8.96. The van der Waals surface area contributed by atoms with E-state index in [4.69, 9.17) is 9.84 Å². The van der Waals surface area contributed by atoms with Gasteiger partial charge in [-0.25, -0.2) is 9.50 Å². The fourth-order valence-corrected chi connectivity index (χ4v) is 5.12. The second kappa shape index (κ2) is 6.76. The molecule has 30 heavy (non-hydrogen) atoms. The lowest BCUT2D eigenvalue weighted by atomic mass is 9.84. The first-order valence-electron chi connectivity index (χ1n) is 10.8. The fourth-order valence-electron chi connectivity index (χ4n) is 5.12. The molecule has 3 aliphatic heterocycles. The quantitative estimate of drug-likeness (QED) is 0.675. The van der Waals surface area contributed by atoms with Gasteiger partial charge in [-0.3, -0.25) is 5.10 Å². The highest BCUT2D eigenvalue weighted by atomic mass is 16.5. The molecule has 2 atom stereocenters. The molecule has 3 aromatic rings. The van der Waals surface area contributed by atoms with Crippen LogP contribution < -0.4 is 4.90 Å². The molecule has 6 heterocycles. The normalized spacial score (nSPS) is 26.5. The predicted octanol–water partition coefficient (Wildman–Crippen LogP) is 1.40. The summed E-state index contributed by atoms with van der Waals surface area (Å²) < 4.78 is 7.89. The highest BCUT2D eigenvalue weighted by Gasteiger charge is 2.38. The van der Waals surface area contributed by atoms with Crippen LogP contribution in [-0.2, 0) is 10.3 Å². The van der Waals surface area contributed by atoms with Gasteiger partial charge in [0, 0.05) is 37.9 Å². The molecule has 0 radical (unpaired) electrons. The second-order valence-electron chi connectivity index (χ2n) is 8.96. The Morgan fingerprint density at radius 1 is 1.20 bits per heavy atom. The first kappa shape index (κ1) is 18.3. The summed E-state index contributed by atoms with van der Waals surface area (Å²) in [5.74, 6) is 1.59. The number of anilines is 1. The zero-order chi connectivity index (χ0) is 20.3. The average molecular weight is 409 g/mol. The van der Waals surface area contributed by atoms with E-state index in [1.54, 1.807) is 6.20 Å². The third-order valence-electron chi connectivity index (χ3n) is 6.91. The number of hydrogen-bond acceptors (Lipinski definition) is 7. The van der Waals surface area contributed by atoms with E-state index in [9.17, 15) is 5.11 Å². The number of piperidine rings is 1. The van der Waals surface area contributed by atoms with Gasteiger partial charge in [0.25, 0.3) is 0 Å². The van der Waals surface area contributed by atoms with E-state index in [1.807, 2.05) is 16.8 Å². The number of ether oxygens (including phenoxy) is 1. The number of likely N-dealkylation sites (tertiary alicyclic amines) is 1. The number of fused-ring (bicyclic) bond motifs is 3. The van der Waals surface area contributed by atoms with Gasteiger partial charge >= 0.3 is 0 Å². The van der Waals surface area contributed by atoms with Crippen molar-refractivity contribution in [1.29, 1.82) is 0 Å². The van der Waals surface area contributed by atoms with E-state index in [0.29, 0.717) is 18.7 Å². The maximum Gasteiger partial charge on any atom is 0.179 e. The minimum atomic E-state index is -0.887. The van der Waals surface area contributed by atoms with Gasteiger partial charge in [0.1, 0.15) is 11.5 Å². The van der Waals surface area contributed by atoms with E-state index in [-0.39, 0.29) is 12.2 Å². The van der Waals surface area contributed by atoms with Gasteiger partial charge < -0.3 is 19.6 Å². The molecule has 158 valence electrons. The highest BCUT2D eigenvalue weighted by Crippen LogP contribution is 2.38. The van der Waals surface area contributed by atoms with E-state index >= 15 is 0 Å². The number of aromatic amines is 1. The number of morpholine rings is 1. The van der Waals surface area contributed by atoms with Crippen LogP contribution in [0.15, 0.2) is 24.5 Å². The van der Waals surface area contributed by atoms with Crippen LogP contribution in [0.1, 0.15) is 31.2 Å². The van der Waals surface area contributed by atoms with Crippen LogP contribution in [0.3, 0.4) is 0 Å². The summed E-state index contributed by atoms with van der Waals surface area (Å²) in [7, 11) is 2.10. The third-order valence-corrected chi connectivity index (χ3v) is 6.91. The Hall–Kier alpha value is -2.49. The number of nitrogens with one attached hydrogen (secondary N) is 1. The Bertz CT molecular complexity index is 1040.